The number of aryl methyl sites for hydroxylation is 3. The Hall–Kier alpha value is -2.60. The van der Waals surface area contributed by atoms with E-state index in [4.69, 9.17) is 0 Å². The Morgan fingerprint density at radius 3 is 1.76 bits per heavy atom. The number of hydrogen-bond acceptors (Lipinski definition) is 0. The van der Waals surface area contributed by atoms with Gasteiger partial charge in [0.25, 0.3) is 0 Å². The first kappa shape index (κ1) is 17.2. The van der Waals surface area contributed by atoms with E-state index in [1.54, 1.807) is 0 Å². The maximum Gasteiger partial charge on any atom is -0.0146 e. The van der Waals surface area contributed by atoms with E-state index in [2.05, 4.69) is 101 Å². The third kappa shape index (κ3) is 3.74. The van der Waals surface area contributed by atoms with Crippen molar-refractivity contribution in [3.8, 4) is 0 Å². The van der Waals surface area contributed by atoms with Crippen LogP contribution in [0.1, 0.15) is 41.7 Å². The van der Waals surface area contributed by atoms with Gasteiger partial charge in [0.15, 0.2) is 0 Å². The molecule has 0 aliphatic heterocycles. The molecule has 0 atom stereocenters. The summed E-state index contributed by atoms with van der Waals surface area (Å²) in [7, 11) is 0. The van der Waals surface area contributed by atoms with Gasteiger partial charge >= 0.3 is 0 Å². The van der Waals surface area contributed by atoms with Crippen LogP contribution in [0.5, 0.6) is 0 Å². The van der Waals surface area contributed by atoms with E-state index in [0.29, 0.717) is 0 Å². The number of hydrogen-bond donors (Lipinski definition) is 0. The molecule has 0 unspecified atom stereocenters. The maximum absolute atomic E-state index is 2.32. The molecule has 3 rings (SSSR count). The molecule has 3 aromatic rings. The molecule has 0 N–H and O–H groups in total. The number of fused-ring (bicyclic) bond motifs is 1. The average Bonchev–Trinajstić information content (AvgIpc) is 2.63. The van der Waals surface area contributed by atoms with Gasteiger partial charge in [-0.2, -0.15) is 0 Å². The second-order valence-electron chi connectivity index (χ2n) is 7.03. The van der Waals surface area contributed by atoms with Crippen LogP contribution in [0.4, 0.5) is 0 Å². The van der Waals surface area contributed by atoms with Crippen molar-refractivity contribution in [2.24, 2.45) is 0 Å². The second-order valence-corrected chi connectivity index (χ2v) is 7.03. The quantitative estimate of drug-likeness (QED) is 0.444. The summed E-state index contributed by atoms with van der Waals surface area (Å²) in [6, 6.07) is 19.9. The molecule has 0 bridgehead atoms. The van der Waals surface area contributed by atoms with Crippen molar-refractivity contribution in [2.75, 3.05) is 0 Å². The Bertz CT molecular complexity index is 967. The van der Waals surface area contributed by atoms with E-state index < -0.39 is 0 Å². The fourth-order valence-electron chi connectivity index (χ4n) is 3.15. The summed E-state index contributed by atoms with van der Waals surface area (Å²) >= 11 is 0. The molecule has 0 nitrogen and oxygen atoms in total. The molecule has 0 heteroatoms. The highest BCUT2D eigenvalue weighted by Gasteiger charge is 2.03. The van der Waals surface area contributed by atoms with Gasteiger partial charge in [0.05, 0.1) is 0 Å². The fourth-order valence-corrected chi connectivity index (χ4v) is 3.15. The molecule has 126 valence electrons. The summed E-state index contributed by atoms with van der Waals surface area (Å²) in [6.07, 6.45) is 4.44. The van der Waals surface area contributed by atoms with Gasteiger partial charge < -0.3 is 0 Å². The van der Waals surface area contributed by atoms with Crippen molar-refractivity contribution < 1.29 is 0 Å². The topological polar surface area (TPSA) is 0 Å². The first-order chi connectivity index (χ1) is 12.0. The van der Waals surface area contributed by atoms with Crippen molar-refractivity contribution in [3.63, 3.8) is 0 Å². The Balaban J connectivity index is 1.94. The fraction of sp³-hybridized carbons (Fsp3) is 0.200. The standard InChI is InChI=1S/C25H26/c1-17-6-12-22(13-7-17)18(2)8-9-19(3)23-14-15-24-20(4)10-11-21(5)25(24)16-23/h6-16H,1-5H3/b18-8+,19-9+. The van der Waals surface area contributed by atoms with Gasteiger partial charge in [0, 0.05) is 0 Å². The molecule has 0 saturated carbocycles. The molecular weight excluding hydrogens is 300 g/mol. The van der Waals surface area contributed by atoms with Crippen LogP contribution < -0.4 is 0 Å². The lowest BCUT2D eigenvalue weighted by Gasteiger charge is -2.09. The van der Waals surface area contributed by atoms with Gasteiger partial charge in [-0.05, 0) is 84.9 Å². The predicted octanol–water partition coefficient (Wildman–Crippen LogP) is 7.27. The highest BCUT2D eigenvalue weighted by Crippen LogP contribution is 2.26. The molecule has 0 aromatic heterocycles. The number of allylic oxidation sites excluding steroid dienone is 4. The zero-order valence-corrected chi connectivity index (χ0v) is 15.9. The zero-order chi connectivity index (χ0) is 18.0. The molecule has 0 radical (unpaired) electrons. The minimum absolute atomic E-state index is 1.28. The summed E-state index contributed by atoms with van der Waals surface area (Å²) in [5.41, 5.74) is 9.10. The molecule has 25 heavy (non-hydrogen) atoms. The van der Waals surface area contributed by atoms with Crippen molar-refractivity contribution in [1.29, 1.82) is 0 Å². The van der Waals surface area contributed by atoms with Gasteiger partial charge in [-0.25, -0.2) is 0 Å². The van der Waals surface area contributed by atoms with Crippen LogP contribution in [0.2, 0.25) is 0 Å². The minimum atomic E-state index is 1.28. The molecule has 3 aromatic carbocycles. The highest BCUT2D eigenvalue weighted by atomic mass is 14.1. The molecule has 0 spiro atoms. The highest BCUT2D eigenvalue weighted by molar-refractivity contribution is 5.91. The van der Waals surface area contributed by atoms with Crippen LogP contribution >= 0.6 is 0 Å². The Labute approximate surface area is 151 Å². The van der Waals surface area contributed by atoms with E-state index in [1.165, 1.54) is 49.7 Å². The van der Waals surface area contributed by atoms with Crippen LogP contribution in [0, 0.1) is 20.8 Å². The van der Waals surface area contributed by atoms with Crippen molar-refractivity contribution >= 4 is 21.9 Å². The van der Waals surface area contributed by atoms with Crippen molar-refractivity contribution in [3.05, 3.63) is 94.6 Å². The van der Waals surface area contributed by atoms with Crippen LogP contribution in [0.3, 0.4) is 0 Å². The van der Waals surface area contributed by atoms with E-state index in [-0.39, 0.29) is 0 Å². The van der Waals surface area contributed by atoms with Gasteiger partial charge in [-0.1, -0.05) is 66.2 Å². The second kappa shape index (κ2) is 7.11. The van der Waals surface area contributed by atoms with Gasteiger partial charge in [-0.15, -0.1) is 0 Å². The lowest BCUT2D eigenvalue weighted by molar-refractivity contribution is 1.44. The maximum atomic E-state index is 2.32. The average molecular weight is 326 g/mol. The summed E-state index contributed by atoms with van der Waals surface area (Å²) in [4.78, 5) is 0. The predicted molar refractivity (Wildman–Crippen MR) is 112 cm³/mol. The van der Waals surface area contributed by atoms with Crippen LogP contribution in [0.15, 0.2) is 66.7 Å². The Morgan fingerprint density at radius 1 is 0.600 bits per heavy atom. The van der Waals surface area contributed by atoms with Crippen molar-refractivity contribution in [1.82, 2.24) is 0 Å². The van der Waals surface area contributed by atoms with E-state index in [9.17, 15) is 0 Å². The number of benzene rings is 3. The van der Waals surface area contributed by atoms with Gasteiger partial charge in [-0.3, -0.25) is 0 Å². The normalized spacial score (nSPS) is 12.7. The molecule has 0 aliphatic rings. The minimum Gasteiger partial charge on any atom is -0.0587 e. The molecule has 0 amide bonds. The van der Waals surface area contributed by atoms with Gasteiger partial charge in [0.1, 0.15) is 0 Å². The van der Waals surface area contributed by atoms with Crippen LogP contribution in [0.25, 0.3) is 21.9 Å². The first-order valence-electron chi connectivity index (χ1n) is 8.88. The smallest absolute Gasteiger partial charge is 0.0146 e. The Morgan fingerprint density at radius 2 is 1.12 bits per heavy atom. The SMILES string of the molecule is C/C(=C\C=C(/C)c1ccc2c(C)ccc(C)c2c1)c1ccc(C)cc1. The lowest BCUT2D eigenvalue weighted by Crippen LogP contribution is -1.86. The lowest BCUT2D eigenvalue weighted by atomic mass is 9.96. The van der Waals surface area contributed by atoms with E-state index in [1.807, 2.05) is 0 Å². The third-order valence-corrected chi connectivity index (χ3v) is 5.00. The molecule has 0 saturated heterocycles. The summed E-state index contributed by atoms with van der Waals surface area (Å²) < 4.78 is 0. The summed E-state index contributed by atoms with van der Waals surface area (Å²) in [5.74, 6) is 0. The zero-order valence-electron chi connectivity index (χ0n) is 15.9. The third-order valence-electron chi connectivity index (χ3n) is 5.00. The molecule has 0 heterocycles. The van der Waals surface area contributed by atoms with Crippen LogP contribution in [-0.2, 0) is 0 Å². The summed E-state index contributed by atoms with van der Waals surface area (Å²) in [5, 5.41) is 2.70. The van der Waals surface area contributed by atoms with E-state index in [0.717, 1.165) is 0 Å². The molecule has 0 fully saturated rings. The monoisotopic (exact) mass is 326 g/mol. The van der Waals surface area contributed by atoms with Crippen LogP contribution in [-0.4, -0.2) is 0 Å². The van der Waals surface area contributed by atoms with Gasteiger partial charge in [0.2, 0.25) is 0 Å². The molecule has 0 aliphatic carbocycles. The summed E-state index contributed by atoms with van der Waals surface area (Å²) in [6.45, 7) is 10.8. The number of rotatable bonds is 3. The largest absolute Gasteiger partial charge is 0.0587 e. The first-order valence-corrected chi connectivity index (χ1v) is 8.88. The van der Waals surface area contributed by atoms with Crippen molar-refractivity contribution in [2.45, 2.75) is 34.6 Å². The molecular formula is C25H26. The Kier molecular flexibility index (Phi) is 4.90. The van der Waals surface area contributed by atoms with E-state index >= 15 is 0 Å².